The van der Waals surface area contributed by atoms with Crippen molar-refractivity contribution < 1.29 is 4.79 Å². The van der Waals surface area contributed by atoms with E-state index in [1.807, 2.05) is 13.0 Å². The first kappa shape index (κ1) is 20.6. The third-order valence-corrected chi connectivity index (χ3v) is 7.18. The van der Waals surface area contributed by atoms with E-state index in [1.165, 1.54) is 11.3 Å². The minimum atomic E-state index is -0.390. The number of carbonyl (C=O) groups excluding carboxylic acids is 1. The highest BCUT2D eigenvalue weighted by atomic mass is 16.1. The number of rotatable bonds is 3. The molecule has 0 amide bonds. The van der Waals surface area contributed by atoms with Crippen LogP contribution in [0.4, 0.5) is 0 Å². The van der Waals surface area contributed by atoms with E-state index >= 15 is 0 Å². The summed E-state index contributed by atoms with van der Waals surface area (Å²) in [6.45, 7) is 12.9. The van der Waals surface area contributed by atoms with E-state index in [4.69, 9.17) is 4.98 Å². The van der Waals surface area contributed by atoms with E-state index in [2.05, 4.69) is 69.5 Å². The first-order valence-electron chi connectivity index (χ1n) is 11.1. The molecule has 0 radical (unpaired) electrons. The zero-order valence-electron chi connectivity index (χ0n) is 18.9. The molecule has 0 spiro atoms. The predicted octanol–water partition coefficient (Wildman–Crippen LogP) is 5.74. The Bertz CT molecular complexity index is 1060. The Balaban J connectivity index is 1.92. The molecule has 2 aromatic rings. The molecule has 156 valence electrons. The Morgan fingerprint density at radius 3 is 2.43 bits per heavy atom. The van der Waals surface area contributed by atoms with Gasteiger partial charge in [-0.25, -0.2) is 4.98 Å². The van der Waals surface area contributed by atoms with Crippen LogP contribution in [0.3, 0.4) is 0 Å². The van der Waals surface area contributed by atoms with Crippen LogP contribution in [0.15, 0.2) is 35.9 Å². The monoisotopic (exact) mass is 401 g/mol. The largest absolute Gasteiger partial charge is 0.325 e. The van der Waals surface area contributed by atoms with Gasteiger partial charge in [0.15, 0.2) is 5.78 Å². The molecule has 0 saturated heterocycles. The van der Waals surface area contributed by atoms with Gasteiger partial charge in [-0.05, 0) is 44.1 Å². The van der Waals surface area contributed by atoms with E-state index in [0.717, 1.165) is 29.9 Å². The van der Waals surface area contributed by atoms with Gasteiger partial charge in [0.2, 0.25) is 0 Å². The van der Waals surface area contributed by atoms with Crippen molar-refractivity contribution >= 4 is 5.78 Å². The van der Waals surface area contributed by atoms with E-state index in [0.29, 0.717) is 5.92 Å². The Hall–Kier alpha value is -2.67. The summed E-state index contributed by atoms with van der Waals surface area (Å²) < 4.78 is 2.36. The van der Waals surface area contributed by atoms with E-state index in [-0.39, 0.29) is 29.2 Å². The number of Topliss-reactive ketones (excluding diaryl/α,β-unsaturated/α-hetero) is 1. The molecule has 3 atom stereocenters. The third kappa shape index (κ3) is 2.95. The molecule has 0 unspecified atom stereocenters. The van der Waals surface area contributed by atoms with Crippen LogP contribution in [0.1, 0.15) is 76.9 Å². The summed E-state index contributed by atoms with van der Waals surface area (Å²) in [4.78, 5) is 17.8. The molecule has 0 bridgehead atoms. The van der Waals surface area contributed by atoms with Crippen molar-refractivity contribution in [1.29, 1.82) is 5.26 Å². The molecule has 2 aliphatic carbocycles. The van der Waals surface area contributed by atoms with Gasteiger partial charge < -0.3 is 4.57 Å². The maximum Gasteiger partial charge on any atom is 0.176 e. The van der Waals surface area contributed by atoms with Crippen LogP contribution in [-0.2, 0) is 16.6 Å². The van der Waals surface area contributed by atoms with Crippen molar-refractivity contribution in [2.45, 2.75) is 71.8 Å². The van der Waals surface area contributed by atoms with Crippen LogP contribution in [0.5, 0.6) is 0 Å². The fraction of sp³-hybridized carbons (Fsp3) is 0.500. The number of nitriles is 1. The lowest BCUT2D eigenvalue weighted by Crippen LogP contribution is -2.45. The maximum absolute atomic E-state index is 12.6. The lowest BCUT2D eigenvalue weighted by molar-refractivity contribution is -0.121. The predicted molar refractivity (Wildman–Crippen MR) is 119 cm³/mol. The number of hydrogen-bond donors (Lipinski definition) is 0. The molecule has 1 aromatic heterocycles. The average Bonchev–Trinajstić information content (AvgIpc) is 3.12. The lowest BCUT2D eigenvalue weighted by Gasteiger charge is -2.44. The van der Waals surface area contributed by atoms with E-state index in [1.54, 1.807) is 0 Å². The standard InChI is InChI=1S/C26H31N3O/c1-15(2)18-7-9-19(10-8-18)25-28-24-22(29(25)16(3)4)12-11-21-17(5)23(30)20(14-27)13-26(21,24)6/h7-10,13,15-17,21H,11-12H2,1-6H3/t17-,21-,26-/m1/s1. The highest BCUT2D eigenvalue weighted by Crippen LogP contribution is 2.50. The second kappa shape index (κ2) is 7.23. The maximum atomic E-state index is 12.6. The van der Waals surface area contributed by atoms with Gasteiger partial charge in [-0.2, -0.15) is 5.26 Å². The Labute approximate surface area is 179 Å². The topological polar surface area (TPSA) is 58.7 Å². The van der Waals surface area contributed by atoms with Crippen LogP contribution in [0.2, 0.25) is 0 Å². The molecule has 0 fully saturated rings. The van der Waals surface area contributed by atoms with Gasteiger partial charge >= 0.3 is 0 Å². The zero-order chi connectivity index (χ0) is 21.8. The van der Waals surface area contributed by atoms with Crippen molar-refractivity contribution in [3.05, 3.63) is 52.9 Å². The Kier molecular flexibility index (Phi) is 4.97. The number of fused-ring (bicyclic) bond motifs is 3. The van der Waals surface area contributed by atoms with Gasteiger partial charge in [0.05, 0.1) is 11.3 Å². The first-order chi connectivity index (χ1) is 14.2. The summed E-state index contributed by atoms with van der Waals surface area (Å²) in [5.41, 5.74) is 4.63. The van der Waals surface area contributed by atoms with E-state index < -0.39 is 5.41 Å². The summed E-state index contributed by atoms with van der Waals surface area (Å²) in [5, 5.41) is 9.56. The molecule has 30 heavy (non-hydrogen) atoms. The van der Waals surface area contributed by atoms with Gasteiger partial charge in [-0.3, -0.25) is 4.79 Å². The molecular formula is C26H31N3O. The van der Waals surface area contributed by atoms with Crippen molar-refractivity contribution in [2.24, 2.45) is 11.8 Å². The van der Waals surface area contributed by atoms with Crippen LogP contribution < -0.4 is 0 Å². The number of aromatic nitrogens is 2. The molecule has 1 aromatic carbocycles. The van der Waals surface area contributed by atoms with Crippen LogP contribution >= 0.6 is 0 Å². The highest BCUT2D eigenvalue weighted by Gasteiger charge is 2.50. The summed E-state index contributed by atoms with van der Waals surface area (Å²) in [6, 6.07) is 11.2. The van der Waals surface area contributed by atoms with Crippen molar-refractivity contribution in [1.82, 2.24) is 9.55 Å². The summed E-state index contributed by atoms with van der Waals surface area (Å²) in [6.07, 6.45) is 3.76. The van der Waals surface area contributed by atoms with Crippen LogP contribution in [0, 0.1) is 23.2 Å². The lowest BCUT2D eigenvalue weighted by atomic mass is 9.58. The first-order valence-corrected chi connectivity index (χ1v) is 11.1. The number of carbonyl (C=O) groups is 1. The number of ketones is 1. The molecule has 0 N–H and O–H groups in total. The summed E-state index contributed by atoms with van der Waals surface area (Å²) >= 11 is 0. The molecule has 1 heterocycles. The number of nitrogens with zero attached hydrogens (tertiary/aromatic N) is 3. The van der Waals surface area contributed by atoms with Crippen molar-refractivity contribution in [3.63, 3.8) is 0 Å². The van der Waals surface area contributed by atoms with Gasteiger partial charge in [0.25, 0.3) is 0 Å². The molecular weight excluding hydrogens is 370 g/mol. The second-order valence-electron chi connectivity index (χ2n) is 9.72. The Morgan fingerprint density at radius 1 is 1.20 bits per heavy atom. The van der Waals surface area contributed by atoms with E-state index in [9.17, 15) is 10.1 Å². The second-order valence-corrected chi connectivity index (χ2v) is 9.72. The number of allylic oxidation sites excluding steroid dienone is 2. The number of benzene rings is 1. The minimum Gasteiger partial charge on any atom is -0.325 e. The zero-order valence-corrected chi connectivity index (χ0v) is 18.9. The van der Waals surface area contributed by atoms with Crippen LogP contribution in [0.25, 0.3) is 11.4 Å². The minimum absolute atomic E-state index is 0.0174. The van der Waals surface area contributed by atoms with Gasteiger partial charge in [0.1, 0.15) is 11.9 Å². The Morgan fingerprint density at radius 2 is 1.87 bits per heavy atom. The van der Waals surface area contributed by atoms with Crippen molar-refractivity contribution in [3.8, 4) is 17.5 Å². The van der Waals surface area contributed by atoms with Gasteiger partial charge in [-0.1, -0.05) is 58.0 Å². The quantitative estimate of drug-likeness (QED) is 0.658. The number of imidazole rings is 1. The average molecular weight is 402 g/mol. The number of hydrogen-bond acceptors (Lipinski definition) is 3. The van der Waals surface area contributed by atoms with Crippen LogP contribution in [-0.4, -0.2) is 15.3 Å². The van der Waals surface area contributed by atoms with Gasteiger partial charge in [0, 0.05) is 28.6 Å². The summed E-state index contributed by atoms with van der Waals surface area (Å²) in [7, 11) is 0. The SMILES string of the molecule is CC(C)c1ccc(-c2nc3c(n2C(C)C)CC[C@@H]2[C@@H](C)C(=O)C(C#N)=C[C@@]32C)cc1. The van der Waals surface area contributed by atoms with Gasteiger partial charge in [-0.15, -0.1) is 0 Å². The molecule has 0 aliphatic heterocycles. The molecule has 4 nitrogen and oxygen atoms in total. The molecule has 4 heteroatoms. The smallest absolute Gasteiger partial charge is 0.176 e. The normalized spacial score (nSPS) is 25.7. The molecule has 4 rings (SSSR count). The summed E-state index contributed by atoms with van der Waals surface area (Å²) in [5.74, 6) is 1.49. The highest BCUT2D eigenvalue weighted by molar-refractivity contribution is 6.02. The third-order valence-electron chi connectivity index (χ3n) is 7.18. The van der Waals surface area contributed by atoms with Crippen molar-refractivity contribution in [2.75, 3.05) is 0 Å². The fourth-order valence-electron chi connectivity index (χ4n) is 5.51. The molecule has 2 aliphatic rings. The fourth-order valence-corrected chi connectivity index (χ4v) is 5.51. The molecule has 0 saturated carbocycles.